The molecule has 35 heavy (non-hydrogen) atoms. The minimum atomic E-state index is -3.46. The van der Waals surface area contributed by atoms with Gasteiger partial charge in [0.15, 0.2) is 5.84 Å². The van der Waals surface area contributed by atoms with Crippen molar-refractivity contribution in [2.24, 2.45) is 5.16 Å². The van der Waals surface area contributed by atoms with Gasteiger partial charge in [0.2, 0.25) is 10.0 Å². The van der Waals surface area contributed by atoms with Gasteiger partial charge in [-0.15, -0.1) is 0 Å². The highest BCUT2D eigenvalue weighted by Gasteiger charge is 2.49. The Balaban J connectivity index is 1.60. The summed E-state index contributed by atoms with van der Waals surface area (Å²) >= 11 is 0. The predicted molar refractivity (Wildman–Crippen MR) is 133 cm³/mol. The molecule has 4 rings (SSSR count). The predicted octanol–water partition coefficient (Wildman–Crippen LogP) is 4.04. The summed E-state index contributed by atoms with van der Waals surface area (Å²) in [7, 11) is -1.97. The molecule has 0 spiro atoms. The van der Waals surface area contributed by atoms with Crippen LogP contribution in [0.3, 0.4) is 0 Å². The number of methoxy groups -OCH3 is 1. The van der Waals surface area contributed by atoms with Crippen LogP contribution in [0.25, 0.3) is 6.08 Å². The molecule has 1 saturated heterocycles. The molecule has 0 aromatic heterocycles. The average molecular weight is 504 g/mol. The Morgan fingerprint density at radius 2 is 2.06 bits per heavy atom. The first kappa shape index (κ1) is 25.0. The van der Waals surface area contributed by atoms with Gasteiger partial charge < -0.3 is 19.6 Å². The summed E-state index contributed by atoms with van der Waals surface area (Å²) in [5.74, 6) is 0.699. The first-order valence-electron chi connectivity index (χ1n) is 11.6. The first-order chi connectivity index (χ1) is 16.8. The number of fused-ring (bicyclic) bond motifs is 1. The van der Waals surface area contributed by atoms with E-state index in [1.165, 1.54) is 19.2 Å². The number of aliphatic hydroxyl groups excluding tert-OH is 1. The van der Waals surface area contributed by atoms with Crippen LogP contribution >= 0.6 is 0 Å². The van der Waals surface area contributed by atoms with Crippen molar-refractivity contribution in [3.05, 3.63) is 65.0 Å². The van der Waals surface area contributed by atoms with E-state index in [9.17, 15) is 17.9 Å². The fourth-order valence-electron chi connectivity index (χ4n) is 4.34. The van der Waals surface area contributed by atoms with Crippen molar-refractivity contribution < 1.29 is 27.5 Å². The van der Waals surface area contributed by atoms with E-state index in [4.69, 9.17) is 9.57 Å². The molecule has 2 aliphatic rings. The number of sulfonamides is 1. The summed E-state index contributed by atoms with van der Waals surface area (Å²) in [6.45, 7) is 2.21. The standard InChI is InChI=1S/C25H30FN3O5S/c1-3-4-14-35(31,32)28-22-12-7-18(16-23(22)33-2)15-19-6-5-13-29-24(19)27-34-25(29,17-30)20-8-10-21(26)11-9-20/h7-12,15-16,28,30H,3-6,13-14,17H2,1-2H3/b19-15+. The molecule has 0 bridgehead atoms. The van der Waals surface area contributed by atoms with Gasteiger partial charge >= 0.3 is 0 Å². The summed E-state index contributed by atoms with van der Waals surface area (Å²) in [6, 6.07) is 11.1. The van der Waals surface area contributed by atoms with E-state index in [0.29, 0.717) is 35.8 Å². The number of halogens is 1. The Morgan fingerprint density at radius 3 is 2.74 bits per heavy atom. The number of unbranched alkanes of at least 4 members (excludes halogenated alkanes) is 1. The SMILES string of the molecule is CCCCS(=O)(=O)Nc1ccc(/C=C2\CCCN3C2=NOC3(CO)c2ccc(F)cc2)cc1OC. The number of hydrogen-bond donors (Lipinski definition) is 2. The molecule has 188 valence electrons. The normalized spacial score (nSPS) is 20.9. The van der Waals surface area contributed by atoms with Crippen LogP contribution in [0, 0.1) is 5.82 Å². The maximum absolute atomic E-state index is 13.5. The van der Waals surface area contributed by atoms with Crippen molar-refractivity contribution in [2.45, 2.75) is 38.3 Å². The zero-order valence-electron chi connectivity index (χ0n) is 19.8. The number of rotatable bonds is 9. The van der Waals surface area contributed by atoms with Crippen molar-refractivity contribution in [2.75, 3.05) is 30.7 Å². The van der Waals surface area contributed by atoms with E-state index < -0.39 is 15.7 Å². The number of ether oxygens (including phenoxy) is 1. The number of nitrogens with one attached hydrogen (secondary N) is 1. The van der Waals surface area contributed by atoms with Crippen LogP contribution in [0.1, 0.15) is 43.7 Å². The number of piperidine rings is 1. The monoisotopic (exact) mass is 503 g/mol. The minimum absolute atomic E-state index is 0.0504. The van der Waals surface area contributed by atoms with E-state index in [-0.39, 0.29) is 18.2 Å². The van der Waals surface area contributed by atoms with E-state index in [0.717, 1.165) is 30.4 Å². The zero-order chi connectivity index (χ0) is 25.1. The Bertz CT molecular complexity index is 1230. The fraction of sp³-hybridized carbons (Fsp3) is 0.400. The lowest BCUT2D eigenvalue weighted by atomic mass is 9.95. The van der Waals surface area contributed by atoms with Crippen LogP contribution in [-0.4, -0.2) is 50.3 Å². The Morgan fingerprint density at radius 1 is 1.29 bits per heavy atom. The molecule has 8 nitrogen and oxygen atoms in total. The van der Waals surface area contributed by atoms with Gasteiger partial charge in [0.05, 0.1) is 18.6 Å². The number of nitrogens with zero attached hydrogens (tertiary/aromatic N) is 2. The second-order valence-electron chi connectivity index (χ2n) is 8.61. The summed E-state index contributed by atoms with van der Waals surface area (Å²) in [5, 5.41) is 14.6. The number of oxime groups is 1. The molecule has 0 saturated carbocycles. The van der Waals surface area contributed by atoms with Gasteiger partial charge in [-0.1, -0.05) is 24.6 Å². The molecule has 2 N–H and O–H groups in total. The Kier molecular flexibility index (Phi) is 7.32. The number of aliphatic hydroxyl groups is 1. The second kappa shape index (κ2) is 10.2. The highest BCUT2D eigenvalue weighted by molar-refractivity contribution is 7.92. The van der Waals surface area contributed by atoms with Crippen LogP contribution in [0.2, 0.25) is 0 Å². The zero-order valence-corrected chi connectivity index (χ0v) is 20.6. The first-order valence-corrected chi connectivity index (χ1v) is 13.3. The number of hydrogen-bond acceptors (Lipinski definition) is 7. The number of anilines is 1. The molecule has 0 radical (unpaired) electrons. The largest absolute Gasteiger partial charge is 0.495 e. The van der Waals surface area contributed by atoms with Gasteiger partial charge in [-0.2, -0.15) is 0 Å². The summed E-state index contributed by atoms with van der Waals surface area (Å²) in [4.78, 5) is 7.69. The second-order valence-corrected chi connectivity index (χ2v) is 10.5. The van der Waals surface area contributed by atoms with Crippen molar-refractivity contribution in [3.63, 3.8) is 0 Å². The van der Waals surface area contributed by atoms with Crippen molar-refractivity contribution in [3.8, 4) is 5.75 Å². The summed E-state index contributed by atoms with van der Waals surface area (Å²) in [5.41, 5.74) is 1.50. The van der Waals surface area contributed by atoms with E-state index in [2.05, 4.69) is 9.88 Å². The van der Waals surface area contributed by atoms with Crippen molar-refractivity contribution >= 4 is 27.6 Å². The summed E-state index contributed by atoms with van der Waals surface area (Å²) in [6.07, 6.45) is 4.87. The third-order valence-corrected chi connectivity index (χ3v) is 7.56. The third kappa shape index (κ3) is 5.13. The van der Waals surface area contributed by atoms with Gasteiger partial charge in [0.25, 0.3) is 5.72 Å². The average Bonchev–Trinajstić information content (AvgIpc) is 3.25. The molecule has 1 unspecified atom stereocenters. The molecule has 1 atom stereocenters. The molecule has 0 amide bonds. The van der Waals surface area contributed by atoms with Gasteiger partial charge in [-0.05, 0) is 72.9 Å². The van der Waals surface area contributed by atoms with E-state index in [1.807, 2.05) is 24.0 Å². The Labute approximate surface area is 205 Å². The number of benzene rings is 2. The summed E-state index contributed by atoms with van der Waals surface area (Å²) < 4.78 is 46.2. The molecule has 10 heteroatoms. The quantitative estimate of drug-likeness (QED) is 0.536. The van der Waals surface area contributed by atoms with Crippen LogP contribution in [-0.2, 0) is 20.6 Å². The van der Waals surface area contributed by atoms with Crippen LogP contribution in [0.4, 0.5) is 10.1 Å². The van der Waals surface area contributed by atoms with Gasteiger partial charge in [0.1, 0.15) is 18.2 Å². The van der Waals surface area contributed by atoms with Crippen LogP contribution in [0.5, 0.6) is 5.75 Å². The molecule has 2 aromatic carbocycles. The highest BCUT2D eigenvalue weighted by atomic mass is 32.2. The maximum atomic E-state index is 13.5. The van der Waals surface area contributed by atoms with E-state index in [1.54, 1.807) is 24.3 Å². The van der Waals surface area contributed by atoms with E-state index >= 15 is 0 Å². The van der Waals surface area contributed by atoms with Gasteiger partial charge in [-0.25, -0.2) is 12.8 Å². The lowest BCUT2D eigenvalue weighted by molar-refractivity contribution is -0.137. The number of amidine groups is 1. The maximum Gasteiger partial charge on any atom is 0.260 e. The van der Waals surface area contributed by atoms with Crippen molar-refractivity contribution in [1.29, 1.82) is 0 Å². The lowest BCUT2D eigenvalue weighted by Crippen LogP contribution is -2.51. The molecule has 2 aliphatic heterocycles. The van der Waals surface area contributed by atoms with Gasteiger partial charge in [0, 0.05) is 12.1 Å². The smallest absolute Gasteiger partial charge is 0.260 e. The topological polar surface area (TPSA) is 100 Å². The van der Waals surface area contributed by atoms with Crippen molar-refractivity contribution in [1.82, 2.24) is 4.90 Å². The molecule has 2 heterocycles. The fourth-order valence-corrected chi connectivity index (χ4v) is 5.62. The minimum Gasteiger partial charge on any atom is -0.495 e. The van der Waals surface area contributed by atoms with Gasteiger partial charge in [-0.3, -0.25) is 4.72 Å². The molecule has 1 fully saturated rings. The van der Waals surface area contributed by atoms with Crippen LogP contribution in [0.15, 0.2) is 53.2 Å². The lowest BCUT2D eigenvalue weighted by Gasteiger charge is -2.38. The molecular formula is C25H30FN3O5S. The van der Waals surface area contributed by atoms with Crippen LogP contribution < -0.4 is 9.46 Å². The molecular weight excluding hydrogens is 473 g/mol. The highest BCUT2D eigenvalue weighted by Crippen LogP contribution is 2.40. The Hall–Kier alpha value is -3.11. The molecule has 0 aliphatic carbocycles. The molecule has 2 aromatic rings. The third-order valence-electron chi connectivity index (χ3n) is 6.20.